The zero-order valence-electron chi connectivity index (χ0n) is 15.4. The van der Waals surface area contributed by atoms with Crippen LogP contribution in [0.1, 0.15) is 27.3 Å². The first-order chi connectivity index (χ1) is 12.6. The summed E-state index contributed by atoms with van der Waals surface area (Å²) in [6.45, 7) is 8.20. The third-order valence-electron chi connectivity index (χ3n) is 5.05. The van der Waals surface area contributed by atoms with E-state index in [1.165, 1.54) is 5.56 Å². The van der Waals surface area contributed by atoms with Crippen molar-refractivity contribution in [3.63, 3.8) is 0 Å². The van der Waals surface area contributed by atoms with Crippen LogP contribution in [-0.2, 0) is 6.54 Å². The molecule has 1 amide bonds. The second-order valence-electron chi connectivity index (χ2n) is 7.03. The van der Waals surface area contributed by atoms with Crippen molar-refractivity contribution in [1.82, 2.24) is 19.2 Å². The molecule has 3 heterocycles. The predicted molar refractivity (Wildman–Crippen MR) is 102 cm³/mol. The Morgan fingerprint density at radius 1 is 1.00 bits per heavy atom. The monoisotopic (exact) mass is 348 g/mol. The minimum atomic E-state index is 0.0833. The van der Waals surface area contributed by atoms with Crippen molar-refractivity contribution in [2.24, 2.45) is 0 Å². The van der Waals surface area contributed by atoms with E-state index in [1.807, 2.05) is 47.5 Å². The zero-order valence-corrected chi connectivity index (χ0v) is 15.4. The van der Waals surface area contributed by atoms with E-state index in [1.54, 1.807) is 0 Å². The topological polar surface area (TPSA) is 40.9 Å². The maximum Gasteiger partial charge on any atom is 0.272 e. The summed E-state index contributed by atoms with van der Waals surface area (Å²) in [7, 11) is 0. The maximum absolute atomic E-state index is 13.1. The van der Waals surface area contributed by atoms with E-state index >= 15 is 0 Å². The molecule has 0 aliphatic carbocycles. The van der Waals surface area contributed by atoms with Gasteiger partial charge < -0.3 is 4.90 Å². The van der Waals surface area contributed by atoms with Gasteiger partial charge in [0, 0.05) is 38.9 Å². The van der Waals surface area contributed by atoms with Gasteiger partial charge in [0.05, 0.1) is 5.69 Å². The summed E-state index contributed by atoms with van der Waals surface area (Å²) in [6.07, 6.45) is 1.99. The van der Waals surface area contributed by atoms with Crippen molar-refractivity contribution in [2.75, 3.05) is 26.2 Å². The van der Waals surface area contributed by atoms with Crippen LogP contribution in [0.15, 0.2) is 48.7 Å². The molecule has 0 spiro atoms. The van der Waals surface area contributed by atoms with E-state index in [0.717, 1.165) is 49.6 Å². The van der Waals surface area contributed by atoms with E-state index in [0.29, 0.717) is 5.69 Å². The highest BCUT2D eigenvalue weighted by Crippen LogP contribution is 2.17. The van der Waals surface area contributed by atoms with E-state index in [9.17, 15) is 4.79 Å². The van der Waals surface area contributed by atoms with E-state index in [4.69, 9.17) is 0 Å². The predicted octanol–water partition coefficient (Wildman–Crippen LogP) is 2.91. The number of hydrogen-bond donors (Lipinski definition) is 0. The summed E-state index contributed by atoms with van der Waals surface area (Å²) in [5.41, 5.74) is 4.77. The van der Waals surface area contributed by atoms with Gasteiger partial charge in [0.15, 0.2) is 0 Å². The van der Waals surface area contributed by atoms with Gasteiger partial charge in [-0.3, -0.25) is 14.1 Å². The molecule has 134 valence electrons. The highest BCUT2D eigenvalue weighted by molar-refractivity contribution is 5.94. The Kier molecular flexibility index (Phi) is 4.47. The fourth-order valence-electron chi connectivity index (χ4n) is 3.63. The third kappa shape index (κ3) is 3.22. The molecule has 1 fully saturated rings. The molecule has 0 atom stereocenters. The lowest BCUT2D eigenvalue weighted by atomic mass is 10.2. The first-order valence-corrected chi connectivity index (χ1v) is 9.13. The highest BCUT2D eigenvalue weighted by atomic mass is 16.2. The Morgan fingerprint density at radius 3 is 2.46 bits per heavy atom. The van der Waals surface area contributed by atoms with Gasteiger partial charge in [-0.2, -0.15) is 0 Å². The smallest absolute Gasteiger partial charge is 0.272 e. The first-order valence-electron chi connectivity index (χ1n) is 9.13. The Morgan fingerprint density at radius 2 is 1.73 bits per heavy atom. The number of benzene rings is 1. The van der Waals surface area contributed by atoms with Crippen molar-refractivity contribution in [2.45, 2.75) is 20.4 Å². The molecule has 1 aliphatic heterocycles. The van der Waals surface area contributed by atoms with Gasteiger partial charge in [-0.15, -0.1) is 0 Å². The summed E-state index contributed by atoms with van der Waals surface area (Å²) in [5.74, 6) is 0.0833. The first kappa shape index (κ1) is 16.8. The molecule has 5 heteroatoms. The van der Waals surface area contributed by atoms with Gasteiger partial charge in [0.2, 0.25) is 0 Å². The van der Waals surface area contributed by atoms with Crippen molar-refractivity contribution >= 4 is 11.6 Å². The number of imidazole rings is 1. The average Bonchev–Trinajstić information content (AvgIpc) is 2.97. The highest BCUT2D eigenvalue weighted by Gasteiger charge is 2.26. The van der Waals surface area contributed by atoms with Crippen molar-refractivity contribution in [3.8, 4) is 0 Å². The van der Waals surface area contributed by atoms with Crippen LogP contribution < -0.4 is 0 Å². The number of pyridine rings is 1. The summed E-state index contributed by atoms with van der Waals surface area (Å²) >= 11 is 0. The molecule has 3 aromatic rings. The molecule has 5 nitrogen and oxygen atoms in total. The Bertz CT molecular complexity index is 924. The number of piperazine rings is 1. The maximum atomic E-state index is 13.1. The van der Waals surface area contributed by atoms with Gasteiger partial charge in [0.1, 0.15) is 11.3 Å². The molecular weight excluding hydrogens is 324 g/mol. The summed E-state index contributed by atoms with van der Waals surface area (Å²) < 4.78 is 1.93. The lowest BCUT2D eigenvalue weighted by Crippen LogP contribution is -2.48. The van der Waals surface area contributed by atoms with Crippen LogP contribution in [0.4, 0.5) is 0 Å². The molecule has 4 rings (SSSR count). The van der Waals surface area contributed by atoms with Crippen LogP contribution in [0.3, 0.4) is 0 Å². The van der Waals surface area contributed by atoms with Crippen LogP contribution in [-0.4, -0.2) is 51.3 Å². The number of nitrogens with zero attached hydrogens (tertiary/aromatic N) is 4. The molecule has 1 aliphatic rings. The van der Waals surface area contributed by atoms with Crippen LogP contribution in [0, 0.1) is 13.8 Å². The molecule has 1 aromatic carbocycles. The van der Waals surface area contributed by atoms with Crippen molar-refractivity contribution in [3.05, 3.63) is 71.2 Å². The lowest BCUT2D eigenvalue weighted by Gasteiger charge is -2.34. The molecule has 1 saturated heterocycles. The minimum absolute atomic E-state index is 0.0833. The minimum Gasteiger partial charge on any atom is -0.335 e. The van der Waals surface area contributed by atoms with Gasteiger partial charge in [0.25, 0.3) is 5.91 Å². The van der Waals surface area contributed by atoms with Crippen molar-refractivity contribution < 1.29 is 4.79 Å². The number of amides is 1. The molecule has 0 radical (unpaired) electrons. The number of carbonyl (C=O) groups excluding carboxylic acids is 1. The molecule has 2 aromatic heterocycles. The summed E-state index contributed by atoms with van der Waals surface area (Å²) in [6, 6.07) is 14.5. The SMILES string of the molecule is Cc1ccc2nc(C)c(C(=O)N3CCN(Cc4ccccc4)CC3)n2c1. The standard InChI is InChI=1S/C21H24N4O/c1-16-8-9-19-22-17(2)20(25(19)14-16)21(26)24-12-10-23(11-13-24)15-18-6-4-3-5-7-18/h3-9,14H,10-13,15H2,1-2H3. The van der Waals surface area contributed by atoms with Crippen molar-refractivity contribution in [1.29, 1.82) is 0 Å². The number of aryl methyl sites for hydroxylation is 2. The quantitative estimate of drug-likeness (QED) is 0.731. The third-order valence-corrected chi connectivity index (χ3v) is 5.05. The molecule has 0 bridgehead atoms. The van der Waals surface area contributed by atoms with E-state index < -0.39 is 0 Å². The Hall–Kier alpha value is -2.66. The average molecular weight is 348 g/mol. The zero-order chi connectivity index (χ0) is 18.1. The van der Waals surface area contributed by atoms with Gasteiger partial charge in [-0.1, -0.05) is 36.4 Å². The lowest BCUT2D eigenvalue weighted by molar-refractivity contribution is 0.0621. The number of carbonyl (C=O) groups is 1. The fraction of sp³-hybridized carbons (Fsp3) is 0.333. The second-order valence-corrected chi connectivity index (χ2v) is 7.03. The van der Waals surface area contributed by atoms with Crippen LogP contribution in [0.2, 0.25) is 0 Å². The molecule has 0 unspecified atom stereocenters. The molecular formula is C21H24N4O. The van der Waals surface area contributed by atoms with E-state index in [-0.39, 0.29) is 5.91 Å². The summed E-state index contributed by atoms with van der Waals surface area (Å²) in [4.78, 5) is 22.0. The Balaban J connectivity index is 1.47. The molecule has 0 N–H and O–H groups in total. The second kappa shape index (κ2) is 6.92. The van der Waals surface area contributed by atoms with Gasteiger partial charge in [-0.25, -0.2) is 4.98 Å². The van der Waals surface area contributed by atoms with Crippen LogP contribution in [0.25, 0.3) is 5.65 Å². The molecule has 26 heavy (non-hydrogen) atoms. The van der Waals surface area contributed by atoms with Gasteiger partial charge in [-0.05, 0) is 31.0 Å². The van der Waals surface area contributed by atoms with Crippen LogP contribution >= 0.6 is 0 Å². The van der Waals surface area contributed by atoms with Gasteiger partial charge >= 0.3 is 0 Å². The number of aromatic nitrogens is 2. The largest absolute Gasteiger partial charge is 0.335 e. The van der Waals surface area contributed by atoms with Crippen LogP contribution in [0.5, 0.6) is 0 Å². The fourth-order valence-corrected chi connectivity index (χ4v) is 3.63. The molecule has 0 saturated carbocycles. The number of hydrogen-bond acceptors (Lipinski definition) is 3. The summed E-state index contributed by atoms with van der Waals surface area (Å²) in [5, 5.41) is 0. The normalized spacial score (nSPS) is 15.5. The number of rotatable bonds is 3. The van der Waals surface area contributed by atoms with E-state index in [2.05, 4.69) is 34.1 Å². The Labute approximate surface area is 153 Å². The number of fused-ring (bicyclic) bond motifs is 1.